The smallest absolute Gasteiger partial charge is 0.404 e. The number of nitrogen functional groups attached to an aromatic ring is 1. The van der Waals surface area contributed by atoms with E-state index < -0.39 is 47.0 Å². The van der Waals surface area contributed by atoms with Gasteiger partial charge in [-0.05, 0) is 21.3 Å². The van der Waals surface area contributed by atoms with Crippen LogP contribution >= 0.6 is 50.8 Å². The standard InChI is InChI=1S/C17H18BrN7O7S3/c18-11-7(23-16(20)35-11)8(24-31)12(26)22-9-13(27)25-10(15(28)29)6(4-34-14(9)25)33-2-1-5(19)3-32-17(21)30/h1-2,5,9,14,31H,3-4,19H2,(H2,20,23)(H2,21,30)(H,22,26)(H,28,29)/b2-1-,24-8-/t5-,9?,14-/m1/s1. The molecule has 0 bridgehead atoms. The molecule has 0 aromatic carbocycles. The third kappa shape index (κ3) is 5.89. The molecule has 1 saturated heterocycles. The highest BCUT2D eigenvalue weighted by molar-refractivity contribution is 9.11. The molecule has 35 heavy (non-hydrogen) atoms. The first-order valence-corrected chi connectivity index (χ1v) is 13.0. The molecule has 0 spiro atoms. The number of nitrogens with zero attached hydrogens (tertiary/aromatic N) is 3. The predicted molar refractivity (Wildman–Crippen MR) is 132 cm³/mol. The second-order valence-electron chi connectivity index (χ2n) is 6.80. The first-order chi connectivity index (χ1) is 16.5. The zero-order chi connectivity index (χ0) is 25.9. The van der Waals surface area contributed by atoms with Crippen molar-refractivity contribution in [3.8, 4) is 0 Å². The summed E-state index contributed by atoms with van der Waals surface area (Å²) in [6.07, 6.45) is 0.530. The lowest BCUT2D eigenvalue weighted by Gasteiger charge is -2.49. The molecular formula is C17H18BrN7O7S3. The molecule has 1 fully saturated rings. The highest BCUT2D eigenvalue weighted by Gasteiger charge is 2.54. The number of rotatable bonds is 9. The number of nitrogens with two attached hydrogens (primary N) is 3. The van der Waals surface area contributed by atoms with E-state index in [9.17, 15) is 29.5 Å². The van der Waals surface area contributed by atoms with Crippen LogP contribution in [0.25, 0.3) is 0 Å². The molecule has 3 heterocycles. The number of oxime groups is 1. The van der Waals surface area contributed by atoms with Gasteiger partial charge in [0.05, 0.1) is 6.04 Å². The Hall–Kier alpha value is -2.80. The summed E-state index contributed by atoms with van der Waals surface area (Å²) in [5.41, 5.74) is 15.6. The summed E-state index contributed by atoms with van der Waals surface area (Å²) in [6.45, 7) is -0.150. The second kappa shape index (κ2) is 11.3. The largest absolute Gasteiger partial charge is 0.477 e. The molecule has 1 aromatic rings. The van der Waals surface area contributed by atoms with E-state index >= 15 is 0 Å². The molecule has 188 valence electrons. The van der Waals surface area contributed by atoms with Crippen LogP contribution in [0.5, 0.6) is 0 Å². The summed E-state index contributed by atoms with van der Waals surface area (Å²) in [5, 5.41) is 25.4. The fourth-order valence-electron chi connectivity index (χ4n) is 3.01. The van der Waals surface area contributed by atoms with E-state index in [1.165, 1.54) is 23.2 Å². The number of carbonyl (C=O) groups is 4. The van der Waals surface area contributed by atoms with E-state index in [2.05, 4.69) is 36.1 Å². The number of halogens is 1. The average Bonchev–Trinajstić information content (AvgIpc) is 3.13. The summed E-state index contributed by atoms with van der Waals surface area (Å²) >= 11 is 6.49. The van der Waals surface area contributed by atoms with E-state index in [1.807, 2.05) is 0 Å². The van der Waals surface area contributed by atoms with Crippen LogP contribution in [0.1, 0.15) is 5.69 Å². The van der Waals surface area contributed by atoms with Gasteiger partial charge in [-0.1, -0.05) is 34.3 Å². The van der Waals surface area contributed by atoms with Gasteiger partial charge in [0.15, 0.2) is 10.8 Å². The number of carbonyl (C=O) groups excluding carboxylic acids is 3. The Bertz CT molecular complexity index is 1160. The number of nitrogens with one attached hydrogen (secondary N) is 1. The maximum Gasteiger partial charge on any atom is 0.404 e. The highest BCUT2D eigenvalue weighted by Crippen LogP contribution is 2.43. The predicted octanol–water partition coefficient (Wildman–Crippen LogP) is 0.0317. The lowest BCUT2D eigenvalue weighted by atomic mass is 10.0. The third-order valence-corrected chi connectivity index (χ3v) is 8.43. The molecule has 2 aliphatic heterocycles. The number of hydrogen-bond donors (Lipinski definition) is 6. The number of ether oxygens (including phenoxy) is 1. The molecular weight excluding hydrogens is 590 g/mol. The van der Waals surface area contributed by atoms with E-state index in [1.54, 1.807) is 0 Å². The first kappa shape index (κ1) is 26.8. The highest BCUT2D eigenvalue weighted by atomic mass is 79.9. The summed E-state index contributed by atoms with van der Waals surface area (Å²) in [4.78, 5) is 53.4. The second-order valence-corrected chi connectivity index (χ2v) is 11.3. The van der Waals surface area contributed by atoms with Crippen LogP contribution in [-0.2, 0) is 19.1 Å². The van der Waals surface area contributed by atoms with Crippen LogP contribution in [0.15, 0.2) is 31.0 Å². The maximum atomic E-state index is 12.8. The molecule has 2 aliphatic rings. The SMILES string of the molecule is NC(=O)OC[C@H](N)/C=C\SC1=C(C(=O)O)N2C(=O)C(NC(=O)/C(=N\O)c3nc(N)sc3Br)[C@H]2SC1. The number of β-lactam (4-membered cyclic amide) rings is 1. The van der Waals surface area contributed by atoms with Gasteiger partial charge in [0, 0.05) is 10.7 Å². The summed E-state index contributed by atoms with van der Waals surface area (Å²) in [7, 11) is 0. The van der Waals surface area contributed by atoms with E-state index in [-0.39, 0.29) is 28.9 Å². The number of carboxylic acid groups (broad SMARTS) is 1. The molecule has 3 amide bonds. The van der Waals surface area contributed by atoms with Crippen LogP contribution in [0, 0.1) is 0 Å². The molecule has 14 nitrogen and oxygen atoms in total. The van der Waals surface area contributed by atoms with Gasteiger partial charge >= 0.3 is 12.1 Å². The molecule has 3 rings (SSSR count). The van der Waals surface area contributed by atoms with Gasteiger partial charge in [0.25, 0.3) is 11.8 Å². The number of thiazole rings is 1. The number of thioether (sulfide) groups is 2. The van der Waals surface area contributed by atoms with E-state index in [0.717, 1.165) is 28.0 Å². The van der Waals surface area contributed by atoms with Crippen LogP contribution < -0.4 is 22.5 Å². The van der Waals surface area contributed by atoms with Gasteiger partial charge in [-0.3, -0.25) is 14.5 Å². The van der Waals surface area contributed by atoms with Crippen molar-refractivity contribution in [2.75, 3.05) is 18.1 Å². The quantitative estimate of drug-likeness (QED) is 0.0943. The van der Waals surface area contributed by atoms with Crippen molar-refractivity contribution in [1.82, 2.24) is 15.2 Å². The Balaban J connectivity index is 1.70. The van der Waals surface area contributed by atoms with Crippen LogP contribution in [0.3, 0.4) is 0 Å². The van der Waals surface area contributed by atoms with Crippen molar-refractivity contribution in [2.24, 2.45) is 16.6 Å². The Morgan fingerprint density at radius 1 is 1.46 bits per heavy atom. The summed E-state index contributed by atoms with van der Waals surface area (Å²) in [6, 6.07) is -1.71. The first-order valence-electron chi connectivity index (χ1n) is 9.42. The van der Waals surface area contributed by atoms with Crippen LogP contribution in [-0.4, -0.2) is 79.6 Å². The number of primary amides is 1. The molecule has 3 atom stereocenters. The Labute approximate surface area is 218 Å². The summed E-state index contributed by atoms with van der Waals surface area (Å²) in [5.74, 6) is -2.60. The van der Waals surface area contributed by atoms with Gasteiger partial charge in [-0.2, -0.15) is 0 Å². The maximum absolute atomic E-state index is 12.8. The number of hydrogen-bond acceptors (Lipinski definition) is 13. The van der Waals surface area contributed by atoms with Gasteiger partial charge in [0.2, 0.25) is 0 Å². The lowest BCUT2D eigenvalue weighted by Crippen LogP contribution is -2.71. The Kier molecular flexibility index (Phi) is 8.65. The molecule has 0 saturated carbocycles. The molecule has 0 radical (unpaired) electrons. The number of carboxylic acids is 1. The number of aromatic nitrogens is 1. The number of aliphatic carboxylic acids is 1. The van der Waals surface area contributed by atoms with E-state index in [0.29, 0.717) is 8.69 Å². The van der Waals surface area contributed by atoms with Crippen LogP contribution in [0.4, 0.5) is 9.93 Å². The van der Waals surface area contributed by atoms with Gasteiger partial charge in [0.1, 0.15) is 33.2 Å². The Morgan fingerprint density at radius 2 is 2.17 bits per heavy atom. The van der Waals surface area contributed by atoms with Gasteiger partial charge in [-0.15, -0.1) is 11.8 Å². The monoisotopic (exact) mass is 607 g/mol. The zero-order valence-electron chi connectivity index (χ0n) is 17.4. The van der Waals surface area contributed by atoms with Crippen molar-refractivity contribution in [1.29, 1.82) is 0 Å². The van der Waals surface area contributed by atoms with Gasteiger partial charge in [-0.25, -0.2) is 14.6 Å². The number of anilines is 1. The van der Waals surface area contributed by atoms with Crippen LogP contribution in [0.2, 0.25) is 0 Å². The minimum Gasteiger partial charge on any atom is -0.477 e. The number of fused-ring (bicyclic) bond motifs is 1. The van der Waals surface area contributed by atoms with Crippen molar-refractivity contribution < 1.29 is 34.2 Å². The number of amides is 3. The normalized spacial score (nSPS) is 20.9. The topological polar surface area (TPSA) is 237 Å². The molecule has 0 aliphatic carbocycles. The van der Waals surface area contributed by atoms with Crippen molar-refractivity contribution >= 4 is 85.5 Å². The third-order valence-electron chi connectivity index (χ3n) is 4.52. The minimum atomic E-state index is -1.31. The zero-order valence-corrected chi connectivity index (χ0v) is 21.4. The van der Waals surface area contributed by atoms with Crippen molar-refractivity contribution in [3.05, 3.63) is 31.6 Å². The minimum absolute atomic E-state index is 0.00320. The molecule has 1 aromatic heterocycles. The summed E-state index contributed by atoms with van der Waals surface area (Å²) < 4.78 is 4.94. The average molecular weight is 608 g/mol. The fraction of sp³-hybridized carbons (Fsp3) is 0.294. The lowest BCUT2D eigenvalue weighted by molar-refractivity contribution is -0.150. The molecule has 9 N–H and O–H groups in total. The molecule has 1 unspecified atom stereocenters. The molecule has 18 heteroatoms. The van der Waals surface area contributed by atoms with E-state index in [4.69, 9.17) is 17.2 Å². The van der Waals surface area contributed by atoms with Gasteiger partial charge < -0.3 is 37.6 Å². The van der Waals surface area contributed by atoms with Crippen molar-refractivity contribution in [3.63, 3.8) is 0 Å². The fourth-order valence-corrected chi connectivity index (χ4v) is 6.76. The Morgan fingerprint density at radius 3 is 2.74 bits per heavy atom. The van der Waals surface area contributed by atoms with Crippen molar-refractivity contribution in [2.45, 2.75) is 17.5 Å².